The Balaban J connectivity index is 0.0000116. The van der Waals surface area contributed by atoms with E-state index in [0.29, 0.717) is 13.0 Å². The molecular formula is C26H43ClN4O4. The van der Waals surface area contributed by atoms with Gasteiger partial charge in [-0.25, -0.2) is 5.48 Å². The molecule has 0 radical (unpaired) electrons. The molecule has 0 aliphatic heterocycles. The van der Waals surface area contributed by atoms with Crippen LogP contribution in [0, 0.1) is 29.6 Å². The number of rotatable bonds is 12. The zero-order valence-corrected chi connectivity index (χ0v) is 22.5. The molecule has 1 rings (SSSR count). The van der Waals surface area contributed by atoms with Gasteiger partial charge in [0.25, 0.3) is 5.91 Å². The summed E-state index contributed by atoms with van der Waals surface area (Å²) in [5.74, 6) is -2.92. The van der Waals surface area contributed by atoms with Crippen LogP contribution < -0.4 is 16.6 Å². The molecular weight excluding hydrogens is 468 g/mol. The van der Waals surface area contributed by atoms with Crippen LogP contribution in [-0.2, 0) is 14.4 Å². The lowest BCUT2D eigenvalue weighted by Crippen LogP contribution is -2.57. The first-order valence-corrected chi connectivity index (χ1v) is 12.0. The molecule has 0 aromatic heterocycles. The predicted molar refractivity (Wildman–Crippen MR) is 141 cm³/mol. The van der Waals surface area contributed by atoms with Crippen molar-refractivity contribution in [2.24, 2.45) is 35.3 Å². The van der Waals surface area contributed by atoms with Crippen LogP contribution in [0.15, 0.2) is 36.4 Å². The van der Waals surface area contributed by atoms with E-state index in [4.69, 9.17) is 5.73 Å². The Bertz CT molecular complexity index is 815. The Morgan fingerprint density at radius 3 is 2.06 bits per heavy atom. The van der Waals surface area contributed by atoms with Crippen LogP contribution in [0.2, 0.25) is 0 Å². The third kappa shape index (κ3) is 11.2. The molecule has 0 saturated carbocycles. The van der Waals surface area contributed by atoms with Crippen LogP contribution in [-0.4, -0.2) is 40.5 Å². The topological polar surface area (TPSA) is 125 Å². The summed E-state index contributed by atoms with van der Waals surface area (Å²) in [6.07, 6.45) is 4.35. The number of nitrogens with two attached hydrogens (primary N) is 1. The number of halogens is 1. The van der Waals surface area contributed by atoms with Gasteiger partial charge in [-0.05, 0) is 36.2 Å². The SMILES string of the molecule is CC(C)C[C@@H](C(=O)NN(CC(C)C)C(=O)[C@@H](N)C(C)C)[C@H](C/C=C/c1ccccc1)C(=O)NO.Cl. The Morgan fingerprint density at radius 1 is 0.971 bits per heavy atom. The zero-order valence-electron chi connectivity index (χ0n) is 21.7. The van der Waals surface area contributed by atoms with E-state index in [-0.39, 0.29) is 42.5 Å². The number of amides is 3. The fourth-order valence-electron chi connectivity index (χ4n) is 3.65. The second kappa shape index (κ2) is 16.3. The molecule has 5 N–H and O–H groups in total. The highest BCUT2D eigenvalue weighted by Crippen LogP contribution is 2.26. The normalized spacial score (nSPS) is 13.9. The van der Waals surface area contributed by atoms with Crippen molar-refractivity contribution in [3.05, 3.63) is 42.0 Å². The average Bonchev–Trinajstić information content (AvgIpc) is 2.78. The van der Waals surface area contributed by atoms with E-state index in [0.717, 1.165) is 5.56 Å². The first-order valence-electron chi connectivity index (χ1n) is 12.0. The third-order valence-corrected chi connectivity index (χ3v) is 5.56. The van der Waals surface area contributed by atoms with Gasteiger partial charge >= 0.3 is 0 Å². The van der Waals surface area contributed by atoms with Crippen molar-refractivity contribution >= 4 is 36.2 Å². The molecule has 9 heteroatoms. The first kappa shape index (κ1) is 32.6. The molecule has 3 atom stereocenters. The molecule has 35 heavy (non-hydrogen) atoms. The Kier molecular flexibility index (Phi) is 15.2. The molecule has 3 amide bonds. The van der Waals surface area contributed by atoms with Gasteiger partial charge in [-0.2, -0.15) is 0 Å². The Morgan fingerprint density at radius 2 is 1.57 bits per heavy atom. The maximum Gasteiger partial charge on any atom is 0.258 e. The van der Waals surface area contributed by atoms with E-state index in [2.05, 4.69) is 5.43 Å². The summed E-state index contributed by atoms with van der Waals surface area (Å²) in [6, 6.07) is 8.85. The highest BCUT2D eigenvalue weighted by Gasteiger charge is 2.35. The third-order valence-electron chi connectivity index (χ3n) is 5.56. The molecule has 0 heterocycles. The fraction of sp³-hybridized carbons (Fsp3) is 0.577. The van der Waals surface area contributed by atoms with Gasteiger partial charge in [-0.15, -0.1) is 12.4 Å². The van der Waals surface area contributed by atoms with E-state index in [1.807, 2.05) is 84.0 Å². The second-order valence-corrected chi connectivity index (χ2v) is 9.96. The Hall–Kier alpha value is -2.42. The van der Waals surface area contributed by atoms with Gasteiger partial charge in [0.15, 0.2) is 0 Å². The van der Waals surface area contributed by atoms with Crippen molar-refractivity contribution in [3.63, 3.8) is 0 Å². The molecule has 0 spiro atoms. The van der Waals surface area contributed by atoms with Gasteiger partial charge in [-0.1, -0.05) is 84.0 Å². The number of hydrogen-bond acceptors (Lipinski definition) is 5. The van der Waals surface area contributed by atoms with Gasteiger partial charge in [0.2, 0.25) is 11.8 Å². The number of hydrazine groups is 1. The number of hydrogen-bond donors (Lipinski definition) is 4. The van der Waals surface area contributed by atoms with E-state index < -0.39 is 29.7 Å². The summed E-state index contributed by atoms with van der Waals surface area (Å²) in [4.78, 5) is 39.0. The maximum atomic E-state index is 13.4. The smallest absolute Gasteiger partial charge is 0.258 e. The minimum Gasteiger partial charge on any atom is -0.320 e. The zero-order chi connectivity index (χ0) is 25.8. The number of hydroxylamine groups is 1. The van der Waals surface area contributed by atoms with Crippen LogP contribution >= 0.6 is 12.4 Å². The quantitative estimate of drug-likeness (QED) is 0.251. The van der Waals surface area contributed by atoms with Gasteiger partial charge in [0.05, 0.1) is 17.9 Å². The standard InChI is InChI=1S/C26H42N4O4.ClH/c1-17(2)15-22(21(25(32)29-34)14-10-13-20-11-8-7-9-12-20)24(31)28-30(16-18(3)4)26(33)23(27)19(5)6;/h7-13,17-19,21-23,34H,14-16,27H2,1-6H3,(H,28,31)(H,29,32);1H/b13-10+;/t21-,22+,23-;/m0./s1. The lowest BCUT2D eigenvalue weighted by atomic mass is 9.82. The van der Waals surface area contributed by atoms with E-state index in [1.54, 1.807) is 5.48 Å². The molecule has 1 aromatic carbocycles. The molecule has 0 unspecified atom stereocenters. The molecule has 198 valence electrons. The van der Waals surface area contributed by atoms with E-state index in [1.165, 1.54) is 5.01 Å². The molecule has 0 aliphatic carbocycles. The lowest BCUT2D eigenvalue weighted by molar-refractivity contribution is -0.148. The minimum absolute atomic E-state index is 0. The average molecular weight is 511 g/mol. The van der Waals surface area contributed by atoms with Crippen LogP contribution in [0.3, 0.4) is 0 Å². The molecule has 8 nitrogen and oxygen atoms in total. The molecule has 0 fully saturated rings. The van der Waals surface area contributed by atoms with Gasteiger partial charge in [0.1, 0.15) is 0 Å². The second-order valence-electron chi connectivity index (χ2n) is 9.96. The summed E-state index contributed by atoms with van der Waals surface area (Å²) in [5, 5.41) is 10.6. The fourth-order valence-corrected chi connectivity index (χ4v) is 3.65. The Labute approximate surface area is 216 Å². The largest absolute Gasteiger partial charge is 0.320 e. The van der Waals surface area contributed by atoms with E-state index in [9.17, 15) is 19.6 Å². The first-order chi connectivity index (χ1) is 16.0. The van der Waals surface area contributed by atoms with Crippen LogP contribution in [0.4, 0.5) is 0 Å². The predicted octanol–water partition coefficient (Wildman–Crippen LogP) is 3.79. The summed E-state index contributed by atoms with van der Waals surface area (Å²) in [6.45, 7) is 11.8. The maximum absolute atomic E-state index is 13.4. The summed E-state index contributed by atoms with van der Waals surface area (Å²) >= 11 is 0. The van der Waals surface area contributed by atoms with Gasteiger partial charge < -0.3 is 5.73 Å². The summed E-state index contributed by atoms with van der Waals surface area (Å²) in [7, 11) is 0. The number of benzene rings is 1. The van der Waals surface area contributed by atoms with Crippen molar-refractivity contribution in [1.29, 1.82) is 0 Å². The number of allylic oxidation sites excluding steroid dienone is 1. The lowest BCUT2D eigenvalue weighted by Gasteiger charge is -2.32. The highest BCUT2D eigenvalue weighted by molar-refractivity contribution is 5.90. The van der Waals surface area contributed by atoms with Crippen molar-refractivity contribution in [1.82, 2.24) is 15.9 Å². The number of carbonyl (C=O) groups excluding carboxylic acids is 3. The minimum atomic E-state index is -0.817. The van der Waals surface area contributed by atoms with Gasteiger partial charge in [-0.3, -0.25) is 30.0 Å². The summed E-state index contributed by atoms with van der Waals surface area (Å²) < 4.78 is 0. The molecule has 0 aliphatic rings. The van der Waals surface area contributed by atoms with Crippen molar-refractivity contribution in [2.45, 2.75) is 60.4 Å². The number of nitrogens with zero attached hydrogens (tertiary/aromatic N) is 1. The van der Waals surface area contributed by atoms with Crippen LogP contribution in [0.1, 0.15) is 59.9 Å². The van der Waals surface area contributed by atoms with Gasteiger partial charge in [0, 0.05) is 6.54 Å². The van der Waals surface area contributed by atoms with E-state index >= 15 is 0 Å². The molecule has 0 saturated heterocycles. The van der Waals surface area contributed by atoms with Crippen molar-refractivity contribution < 1.29 is 19.6 Å². The molecule has 1 aromatic rings. The summed E-state index contributed by atoms with van der Waals surface area (Å²) in [5.41, 5.74) is 11.5. The number of carbonyl (C=O) groups is 3. The van der Waals surface area contributed by atoms with Crippen LogP contribution in [0.5, 0.6) is 0 Å². The van der Waals surface area contributed by atoms with Crippen molar-refractivity contribution in [2.75, 3.05) is 6.54 Å². The number of nitrogens with one attached hydrogen (secondary N) is 2. The monoisotopic (exact) mass is 510 g/mol. The van der Waals surface area contributed by atoms with Crippen molar-refractivity contribution in [3.8, 4) is 0 Å². The highest BCUT2D eigenvalue weighted by atomic mass is 35.5. The molecule has 0 bridgehead atoms. The van der Waals surface area contributed by atoms with Crippen LogP contribution in [0.25, 0.3) is 6.08 Å².